The van der Waals surface area contributed by atoms with Gasteiger partial charge in [0.05, 0.1) is 24.7 Å². The van der Waals surface area contributed by atoms with Crippen LogP contribution >= 0.6 is 12.2 Å². The molecule has 9 heteroatoms. The van der Waals surface area contributed by atoms with Gasteiger partial charge in [-0.15, -0.1) is 0 Å². The van der Waals surface area contributed by atoms with E-state index in [2.05, 4.69) is 10.6 Å². The van der Waals surface area contributed by atoms with Gasteiger partial charge in [-0.25, -0.2) is 8.42 Å². The predicted octanol–water partition coefficient (Wildman–Crippen LogP) is 3.84. The Hall–Kier alpha value is -1.32. The van der Waals surface area contributed by atoms with E-state index < -0.39 is 9.84 Å². The van der Waals surface area contributed by atoms with Crippen molar-refractivity contribution in [2.24, 2.45) is 0 Å². The number of ether oxygens (including phenoxy) is 2. The van der Waals surface area contributed by atoms with Crippen LogP contribution in [0.3, 0.4) is 0 Å². The van der Waals surface area contributed by atoms with Gasteiger partial charge in [-0.05, 0) is 87.4 Å². The number of benzene rings is 2. The average molecular weight is 461 g/mol. The minimum atomic E-state index is -2.55. The first-order valence-corrected chi connectivity index (χ1v) is 11.9. The first-order valence-electron chi connectivity index (χ1n) is 9.66. The molecule has 0 unspecified atom stereocenters. The third kappa shape index (κ3) is 10.1. The standard InChI is InChI=1S/C17H20N2O2S.C4H8O2S.Na.H/c1-3-20-15-9-5-13(6-10-15)18-17(22)19-14-7-11-16(12-8-14)21-4-2;5-7(6)3-1-2-4-7;;/h5-12H,3-4H2,1-2H3,(H2,18,19,22);1-4H2;;. The number of thiocarbonyl (C=S) groups is 1. The zero-order chi connectivity index (χ0) is 21.1. The second-order valence-electron chi connectivity index (χ2n) is 6.35. The molecule has 1 aliphatic heterocycles. The van der Waals surface area contributed by atoms with Crippen LogP contribution in [0.25, 0.3) is 0 Å². The molecule has 3 rings (SSSR count). The van der Waals surface area contributed by atoms with E-state index in [1.165, 1.54) is 0 Å². The Balaban J connectivity index is 0.000000477. The fourth-order valence-electron chi connectivity index (χ4n) is 2.64. The summed E-state index contributed by atoms with van der Waals surface area (Å²) in [7, 11) is -2.55. The molecule has 2 N–H and O–H groups in total. The van der Waals surface area contributed by atoms with Gasteiger partial charge in [0.1, 0.15) is 21.3 Å². The molecule has 1 fully saturated rings. The summed E-state index contributed by atoms with van der Waals surface area (Å²) in [6.07, 6.45) is 1.75. The zero-order valence-corrected chi connectivity index (χ0v) is 18.4. The molecular formula is C21H29N2NaO4S2. The van der Waals surface area contributed by atoms with Crippen LogP contribution < -0.4 is 20.1 Å². The van der Waals surface area contributed by atoms with Crippen molar-refractivity contribution < 1.29 is 17.9 Å². The number of hydrogen-bond donors (Lipinski definition) is 2. The van der Waals surface area contributed by atoms with Gasteiger partial charge >= 0.3 is 29.6 Å². The number of rotatable bonds is 6. The van der Waals surface area contributed by atoms with Gasteiger partial charge in [0, 0.05) is 11.4 Å². The molecule has 1 aliphatic rings. The van der Waals surface area contributed by atoms with Gasteiger partial charge in [0.2, 0.25) is 0 Å². The van der Waals surface area contributed by atoms with Crippen LogP contribution in [0.4, 0.5) is 11.4 Å². The second kappa shape index (κ2) is 13.9. The van der Waals surface area contributed by atoms with E-state index in [9.17, 15) is 8.42 Å². The van der Waals surface area contributed by atoms with Crippen molar-refractivity contribution in [2.75, 3.05) is 35.4 Å². The molecule has 2 aromatic carbocycles. The summed E-state index contributed by atoms with van der Waals surface area (Å²) in [5.41, 5.74) is 1.82. The zero-order valence-electron chi connectivity index (χ0n) is 16.8. The van der Waals surface area contributed by atoms with Gasteiger partial charge in [0.15, 0.2) is 5.11 Å². The summed E-state index contributed by atoms with van der Waals surface area (Å²) in [6, 6.07) is 15.3. The molecule has 160 valence electrons. The predicted molar refractivity (Wildman–Crippen MR) is 130 cm³/mol. The minimum absolute atomic E-state index is 0. The van der Waals surface area contributed by atoms with Crippen LogP contribution in [-0.4, -0.2) is 67.8 Å². The molecule has 0 aliphatic carbocycles. The molecule has 0 saturated carbocycles. The molecule has 30 heavy (non-hydrogen) atoms. The Labute approximate surface area is 206 Å². The number of hydrogen-bond acceptors (Lipinski definition) is 5. The van der Waals surface area contributed by atoms with Crippen molar-refractivity contribution >= 4 is 68.1 Å². The molecule has 1 saturated heterocycles. The van der Waals surface area contributed by atoms with Crippen molar-refractivity contribution in [1.82, 2.24) is 0 Å². The van der Waals surface area contributed by atoms with Crippen molar-refractivity contribution in [3.05, 3.63) is 48.5 Å². The number of sulfone groups is 1. The van der Waals surface area contributed by atoms with Gasteiger partial charge < -0.3 is 20.1 Å². The van der Waals surface area contributed by atoms with Crippen molar-refractivity contribution in [1.29, 1.82) is 0 Å². The van der Waals surface area contributed by atoms with Crippen LogP contribution in [0.1, 0.15) is 26.7 Å². The fourth-order valence-corrected chi connectivity index (χ4v) is 4.37. The summed E-state index contributed by atoms with van der Waals surface area (Å²) in [5.74, 6) is 2.54. The average Bonchev–Trinajstić information content (AvgIpc) is 3.10. The van der Waals surface area contributed by atoms with Crippen LogP contribution in [0, 0.1) is 0 Å². The van der Waals surface area contributed by atoms with Crippen LogP contribution in [0.2, 0.25) is 0 Å². The third-order valence-electron chi connectivity index (χ3n) is 4.01. The maximum atomic E-state index is 10.4. The van der Waals surface area contributed by atoms with E-state index in [0.717, 1.165) is 35.7 Å². The molecule has 0 bridgehead atoms. The third-order valence-corrected chi connectivity index (χ3v) is 6.03. The number of anilines is 2. The first kappa shape index (κ1) is 26.7. The van der Waals surface area contributed by atoms with Crippen LogP contribution in [-0.2, 0) is 9.84 Å². The quantitative estimate of drug-likeness (QED) is 0.501. The monoisotopic (exact) mass is 460 g/mol. The fraction of sp³-hybridized carbons (Fsp3) is 0.381. The van der Waals surface area contributed by atoms with E-state index in [4.69, 9.17) is 21.7 Å². The molecule has 0 atom stereocenters. The van der Waals surface area contributed by atoms with Gasteiger partial charge in [-0.1, -0.05) is 0 Å². The molecule has 1 heterocycles. The molecule has 0 spiro atoms. The van der Waals surface area contributed by atoms with E-state index in [1.54, 1.807) is 0 Å². The molecule has 0 aromatic heterocycles. The summed E-state index contributed by atoms with van der Waals surface area (Å²) in [5, 5.41) is 6.80. The van der Waals surface area contributed by atoms with Crippen molar-refractivity contribution in [3.8, 4) is 11.5 Å². The molecule has 0 amide bonds. The summed E-state index contributed by atoms with van der Waals surface area (Å²) in [6.45, 7) is 5.24. The van der Waals surface area contributed by atoms with Gasteiger partial charge in [0.25, 0.3) is 0 Å². The Morgan fingerprint density at radius 2 is 1.20 bits per heavy atom. The normalized spacial score (nSPS) is 13.8. The summed E-state index contributed by atoms with van der Waals surface area (Å²) < 4.78 is 31.7. The van der Waals surface area contributed by atoms with Gasteiger partial charge in [-0.3, -0.25) is 0 Å². The van der Waals surface area contributed by atoms with Crippen molar-refractivity contribution in [3.63, 3.8) is 0 Å². The molecule has 6 nitrogen and oxygen atoms in total. The van der Waals surface area contributed by atoms with Gasteiger partial charge in [-0.2, -0.15) is 0 Å². The SMILES string of the molecule is CCOc1ccc(NC(=S)Nc2ccc(OCC)cc2)cc1.O=S1(=O)CCCC1.[NaH]. The number of nitrogens with one attached hydrogen (secondary N) is 2. The Kier molecular flexibility index (Phi) is 12.4. The Bertz CT molecular complexity index is 807. The van der Waals surface area contributed by atoms with E-state index >= 15 is 0 Å². The van der Waals surface area contributed by atoms with E-state index in [1.807, 2.05) is 62.4 Å². The van der Waals surface area contributed by atoms with E-state index in [-0.39, 0.29) is 29.6 Å². The van der Waals surface area contributed by atoms with Crippen molar-refractivity contribution in [2.45, 2.75) is 26.7 Å². The molecular weight excluding hydrogens is 431 g/mol. The second-order valence-corrected chi connectivity index (χ2v) is 9.06. The maximum absolute atomic E-state index is 10.4. The summed E-state index contributed by atoms with van der Waals surface area (Å²) in [4.78, 5) is 0. The Morgan fingerprint density at radius 3 is 1.47 bits per heavy atom. The molecule has 2 aromatic rings. The first-order chi connectivity index (χ1) is 13.9. The van der Waals surface area contributed by atoms with Crippen LogP contribution in [0.5, 0.6) is 11.5 Å². The van der Waals surface area contributed by atoms with Crippen LogP contribution in [0.15, 0.2) is 48.5 Å². The summed E-state index contributed by atoms with van der Waals surface area (Å²) >= 11 is 5.30. The topological polar surface area (TPSA) is 76.7 Å². The van der Waals surface area contributed by atoms with E-state index in [0.29, 0.717) is 29.8 Å². The molecule has 0 radical (unpaired) electrons. The Morgan fingerprint density at radius 1 is 0.833 bits per heavy atom.